The number of aryl methyl sites for hydroxylation is 1. The third kappa shape index (κ3) is 4.07. The number of fused-ring (bicyclic) bond motifs is 1. The molecule has 0 aliphatic rings. The number of aromatic nitrogens is 1. The van der Waals surface area contributed by atoms with Crippen molar-refractivity contribution >= 4 is 27.5 Å². The second kappa shape index (κ2) is 7.24. The van der Waals surface area contributed by atoms with Gasteiger partial charge in [-0.1, -0.05) is 24.3 Å². The van der Waals surface area contributed by atoms with Gasteiger partial charge in [0.05, 0.1) is 23.9 Å². The predicted molar refractivity (Wildman–Crippen MR) is 92.8 cm³/mol. The minimum atomic E-state index is 0.0343. The van der Waals surface area contributed by atoms with Crippen LogP contribution < -0.4 is 10.1 Å². The molecule has 1 N–H and O–H groups in total. The van der Waals surface area contributed by atoms with Crippen molar-refractivity contribution < 1.29 is 9.53 Å². The summed E-state index contributed by atoms with van der Waals surface area (Å²) < 4.78 is 6.33. The second-order valence-corrected chi connectivity index (χ2v) is 6.32. The molecule has 0 unspecified atom stereocenters. The summed E-state index contributed by atoms with van der Waals surface area (Å²) in [6, 6.07) is 15.8. The Labute approximate surface area is 139 Å². The summed E-state index contributed by atoms with van der Waals surface area (Å²) in [6.45, 7) is 0.482. The molecule has 2 aromatic carbocycles. The summed E-state index contributed by atoms with van der Waals surface area (Å²) in [4.78, 5) is 16.5. The Morgan fingerprint density at radius 3 is 2.91 bits per heavy atom. The van der Waals surface area contributed by atoms with Gasteiger partial charge in [0.15, 0.2) is 0 Å². The van der Waals surface area contributed by atoms with Crippen molar-refractivity contribution in [3.63, 3.8) is 0 Å². The summed E-state index contributed by atoms with van der Waals surface area (Å²) in [5.74, 6) is 0.851. The lowest BCUT2D eigenvalue weighted by Gasteiger charge is -2.05. The number of ether oxygens (including phenoxy) is 1. The smallest absolute Gasteiger partial charge is 0.220 e. The Morgan fingerprint density at radius 2 is 2.09 bits per heavy atom. The van der Waals surface area contributed by atoms with Gasteiger partial charge in [0.2, 0.25) is 5.91 Å². The number of methoxy groups -OCH3 is 1. The number of thiazole rings is 1. The van der Waals surface area contributed by atoms with Crippen LogP contribution in [0.1, 0.15) is 17.0 Å². The number of carbonyl (C=O) groups excluding carboxylic acids is 1. The normalized spacial score (nSPS) is 10.7. The van der Waals surface area contributed by atoms with Gasteiger partial charge in [-0.2, -0.15) is 0 Å². The summed E-state index contributed by atoms with van der Waals surface area (Å²) in [5.41, 5.74) is 2.08. The zero-order valence-electron chi connectivity index (χ0n) is 12.9. The average molecular weight is 326 g/mol. The summed E-state index contributed by atoms with van der Waals surface area (Å²) >= 11 is 1.62. The summed E-state index contributed by atoms with van der Waals surface area (Å²) in [5, 5.41) is 3.87. The van der Waals surface area contributed by atoms with E-state index in [9.17, 15) is 4.79 Å². The number of nitrogens with zero attached hydrogens (tertiary/aromatic N) is 1. The van der Waals surface area contributed by atoms with E-state index in [1.54, 1.807) is 18.4 Å². The number of nitrogens with one attached hydrogen (secondary N) is 1. The van der Waals surface area contributed by atoms with Crippen LogP contribution in [0.25, 0.3) is 10.2 Å². The van der Waals surface area contributed by atoms with Crippen molar-refractivity contribution in [2.75, 3.05) is 7.11 Å². The van der Waals surface area contributed by atoms with Crippen LogP contribution in [-0.2, 0) is 17.8 Å². The molecule has 0 spiro atoms. The van der Waals surface area contributed by atoms with E-state index in [4.69, 9.17) is 4.74 Å². The zero-order valence-corrected chi connectivity index (χ0v) is 13.7. The zero-order chi connectivity index (χ0) is 16.1. The van der Waals surface area contributed by atoms with Gasteiger partial charge < -0.3 is 10.1 Å². The van der Waals surface area contributed by atoms with Crippen molar-refractivity contribution in [3.8, 4) is 5.75 Å². The highest BCUT2D eigenvalue weighted by molar-refractivity contribution is 7.18. The van der Waals surface area contributed by atoms with E-state index in [0.717, 1.165) is 26.5 Å². The van der Waals surface area contributed by atoms with Crippen LogP contribution >= 0.6 is 11.3 Å². The average Bonchev–Trinajstić information content (AvgIpc) is 3.01. The quantitative estimate of drug-likeness (QED) is 0.753. The highest BCUT2D eigenvalue weighted by Crippen LogP contribution is 2.21. The van der Waals surface area contributed by atoms with E-state index >= 15 is 0 Å². The molecular weight excluding hydrogens is 308 g/mol. The first-order chi connectivity index (χ1) is 11.2. The van der Waals surface area contributed by atoms with Gasteiger partial charge in [-0.05, 0) is 36.2 Å². The molecule has 0 aliphatic carbocycles. The number of amides is 1. The number of rotatable bonds is 6. The molecular formula is C18H18N2O2S. The van der Waals surface area contributed by atoms with E-state index in [-0.39, 0.29) is 5.91 Å². The van der Waals surface area contributed by atoms with Crippen molar-refractivity contribution in [2.24, 2.45) is 0 Å². The van der Waals surface area contributed by atoms with Crippen LogP contribution in [0.5, 0.6) is 5.75 Å². The molecule has 0 bridgehead atoms. The molecule has 118 valence electrons. The molecule has 23 heavy (non-hydrogen) atoms. The van der Waals surface area contributed by atoms with Gasteiger partial charge in [0, 0.05) is 6.42 Å². The van der Waals surface area contributed by atoms with Gasteiger partial charge in [0.25, 0.3) is 0 Å². The number of hydrogen-bond donors (Lipinski definition) is 1. The standard InChI is InChI=1S/C18H18N2O2S/c1-22-14-6-4-5-13(11-14)9-10-17(21)19-12-18-20-15-7-2-3-8-16(15)23-18/h2-8,11H,9-10,12H2,1H3,(H,19,21). The minimum Gasteiger partial charge on any atom is -0.497 e. The Kier molecular flexibility index (Phi) is 4.88. The highest BCUT2D eigenvalue weighted by Gasteiger charge is 2.06. The molecule has 0 radical (unpaired) electrons. The van der Waals surface area contributed by atoms with Crippen LogP contribution in [0.15, 0.2) is 48.5 Å². The molecule has 3 rings (SSSR count). The van der Waals surface area contributed by atoms with Crippen LogP contribution in [-0.4, -0.2) is 18.0 Å². The molecule has 0 aliphatic heterocycles. The van der Waals surface area contributed by atoms with Gasteiger partial charge in [0.1, 0.15) is 10.8 Å². The number of para-hydroxylation sites is 1. The lowest BCUT2D eigenvalue weighted by Crippen LogP contribution is -2.22. The maximum absolute atomic E-state index is 12.0. The van der Waals surface area contributed by atoms with E-state index in [1.807, 2.05) is 48.5 Å². The van der Waals surface area contributed by atoms with Gasteiger partial charge in [-0.25, -0.2) is 4.98 Å². The fourth-order valence-electron chi connectivity index (χ4n) is 2.34. The fourth-order valence-corrected chi connectivity index (χ4v) is 3.25. The Morgan fingerprint density at radius 1 is 1.22 bits per heavy atom. The number of hydrogen-bond acceptors (Lipinski definition) is 4. The number of carbonyl (C=O) groups is 1. The monoisotopic (exact) mass is 326 g/mol. The van der Waals surface area contributed by atoms with Crippen molar-refractivity contribution in [1.82, 2.24) is 10.3 Å². The van der Waals surface area contributed by atoms with Crippen LogP contribution in [0, 0.1) is 0 Å². The lowest BCUT2D eigenvalue weighted by molar-refractivity contribution is -0.121. The topological polar surface area (TPSA) is 51.2 Å². The van der Waals surface area contributed by atoms with Crippen LogP contribution in [0.2, 0.25) is 0 Å². The van der Waals surface area contributed by atoms with Gasteiger partial charge in [-0.3, -0.25) is 4.79 Å². The molecule has 0 fully saturated rings. The highest BCUT2D eigenvalue weighted by atomic mass is 32.1. The SMILES string of the molecule is COc1cccc(CCC(=O)NCc2nc3ccccc3s2)c1. The molecule has 0 saturated heterocycles. The molecule has 4 nitrogen and oxygen atoms in total. The maximum Gasteiger partial charge on any atom is 0.220 e. The molecule has 1 aromatic heterocycles. The minimum absolute atomic E-state index is 0.0343. The first-order valence-corrected chi connectivity index (χ1v) is 8.30. The molecule has 0 saturated carbocycles. The largest absolute Gasteiger partial charge is 0.497 e. The molecule has 1 heterocycles. The van der Waals surface area contributed by atoms with E-state index in [2.05, 4.69) is 10.3 Å². The second-order valence-electron chi connectivity index (χ2n) is 5.20. The third-order valence-corrected chi connectivity index (χ3v) is 4.59. The first-order valence-electron chi connectivity index (χ1n) is 7.48. The molecule has 0 atom stereocenters. The Bertz CT molecular complexity index is 780. The fraction of sp³-hybridized carbons (Fsp3) is 0.222. The number of benzene rings is 2. The van der Waals surface area contributed by atoms with E-state index < -0.39 is 0 Å². The predicted octanol–water partition coefficient (Wildman–Crippen LogP) is 3.55. The van der Waals surface area contributed by atoms with Crippen LogP contribution in [0.4, 0.5) is 0 Å². The maximum atomic E-state index is 12.0. The molecule has 1 amide bonds. The van der Waals surface area contributed by atoms with Crippen molar-refractivity contribution in [3.05, 3.63) is 59.1 Å². The van der Waals surface area contributed by atoms with Gasteiger partial charge in [-0.15, -0.1) is 11.3 Å². The third-order valence-electron chi connectivity index (χ3n) is 3.55. The summed E-state index contributed by atoms with van der Waals surface area (Å²) in [6.07, 6.45) is 1.15. The van der Waals surface area contributed by atoms with Crippen molar-refractivity contribution in [1.29, 1.82) is 0 Å². The molecule has 3 aromatic rings. The first kappa shape index (κ1) is 15.5. The Hall–Kier alpha value is -2.40. The van der Waals surface area contributed by atoms with E-state index in [0.29, 0.717) is 19.4 Å². The van der Waals surface area contributed by atoms with E-state index in [1.165, 1.54) is 0 Å². The Balaban J connectivity index is 1.51. The van der Waals surface area contributed by atoms with Gasteiger partial charge >= 0.3 is 0 Å². The van der Waals surface area contributed by atoms with Crippen LogP contribution in [0.3, 0.4) is 0 Å². The van der Waals surface area contributed by atoms with Crippen molar-refractivity contribution in [2.45, 2.75) is 19.4 Å². The molecule has 5 heteroatoms. The lowest BCUT2D eigenvalue weighted by atomic mass is 10.1. The summed E-state index contributed by atoms with van der Waals surface area (Å²) in [7, 11) is 1.64.